The first-order valence-electron chi connectivity index (χ1n) is 5.87. The van der Waals surface area contributed by atoms with Crippen molar-refractivity contribution in [3.05, 3.63) is 0 Å². The van der Waals surface area contributed by atoms with E-state index in [0.717, 1.165) is 5.92 Å². The number of nitriles is 1. The summed E-state index contributed by atoms with van der Waals surface area (Å²) in [7, 11) is 0. The van der Waals surface area contributed by atoms with Crippen molar-refractivity contribution in [1.29, 1.82) is 5.26 Å². The van der Waals surface area contributed by atoms with Crippen LogP contribution in [-0.4, -0.2) is 24.5 Å². The number of hydrogen-bond donors (Lipinski definition) is 0. The summed E-state index contributed by atoms with van der Waals surface area (Å²) in [5.41, 5.74) is 0.628. The molecule has 1 aliphatic heterocycles. The third-order valence-electron chi connectivity index (χ3n) is 4.16. The van der Waals surface area contributed by atoms with Gasteiger partial charge in [0.05, 0.1) is 12.6 Å². The zero-order chi connectivity index (χ0) is 10.0. The molecule has 0 N–H and O–H groups in total. The highest BCUT2D eigenvalue weighted by atomic mass is 15.2. The molecule has 0 aromatic carbocycles. The molecule has 2 rings (SSSR count). The average molecular weight is 192 g/mol. The van der Waals surface area contributed by atoms with Gasteiger partial charge in [0.2, 0.25) is 0 Å². The molecule has 2 nitrogen and oxygen atoms in total. The summed E-state index contributed by atoms with van der Waals surface area (Å²) in [6, 6.07) is 2.24. The Morgan fingerprint density at radius 1 is 1.36 bits per heavy atom. The van der Waals surface area contributed by atoms with Crippen molar-refractivity contribution in [1.82, 2.24) is 4.90 Å². The molecule has 2 aliphatic rings. The molecule has 0 bridgehead atoms. The van der Waals surface area contributed by atoms with E-state index in [1.807, 2.05) is 0 Å². The zero-order valence-electron chi connectivity index (χ0n) is 9.13. The molecule has 0 aromatic rings. The van der Waals surface area contributed by atoms with E-state index in [-0.39, 0.29) is 0 Å². The van der Waals surface area contributed by atoms with Crippen molar-refractivity contribution in [3.8, 4) is 6.07 Å². The Bertz CT molecular complexity index is 225. The summed E-state index contributed by atoms with van der Waals surface area (Å²) in [6.07, 6.45) is 7.03. The van der Waals surface area contributed by atoms with Crippen molar-refractivity contribution in [3.63, 3.8) is 0 Å². The Morgan fingerprint density at radius 3 is 2.50 bits per heavy atom. The molecule has 1 saturated heterocycles. The molecule has 0 aromatic heterocycles. The quantitative estimate of drug-likeness (QED) is 0.628. The van der Waals surface area contributed by atoms with Crippen molar-refractivity contribution in [2.45, 2.75) is 39.0 Å². The lowest BCUT2D eigenvalue weighted by atomic mass is 9.65. The van der Waals surface area contributed by atoms with Gasteiger partial charge in [0.1, 0.15) is 0 Å². The Labute approximate surface area is 86.9 Å². The molecule has 1 aliphatic carbocycles. The van der Waals surface area contributed by atoms with Crippen LogP contribution in [0.5, 0.6) is 0 Å². The van der Waals surface area contributed by atoms with Gasteiger partial charge in [0, 0.05) is 13.1 Å². The van der Waals surface area contributed by atoms with Gasteiger partial charge in [0.15, 0.2) is 0 Å². The first-order valence-corrected chi connectivity index (χ1v) is 5.87. The maximum atomic E-state index is 8.58. The topological polar surface area (TPSA) is 27.0 Å². The number of likely N-dealkylation sites (tertiary alicyclic amines) is 1. The average Bonchev–Trinajstić information content (AvgIpc) is 2.17. The lowest BCUT2D eigenvalue weighted by molar-refractivity contribution is -0.0300. The van der Waals surface area contributed by atoms with Crippen LogP contribution in [-0.2, 0) is 0 Å². The van der Waals surface area contributed by atoms with Gasteiger partial charge < -0.3 is 0 Å². The summed E-state index contributed by atoms with van der Waals surface area (Å²) >= 11 is 0. The Hall–Kier alpha value is -0.550. The fourth-order valence-electron chi connectivity index (χ4n) is 3.13. The predicted octanol–water partition coefficient (Wildman–Crippen LogP) is 2.41. The molecule has 2 heteroatoms. The second-order valence-electron chi connectivity index (χ2n) is 5.15. The lowest BCUT2D eigenvalue weighted by Crippen LogP contribution is -2.57. The Morgan fingerprint density at radius 2 is 2.00 bits per heavy atom. The van der Waals surface area contributed by atoms with Gasteiger partial charge >= 0.3 is 0 Å². The van der Waals surface area contributed by atoms with Crippen LogP contribution in [0, 0.1) is 22.7 Å². The first-order chi connectivity index (χ1) is 6.78. The second kappa shape index (κ2) is 3.90. The largest absolute Gasteiger partial charge is 0.289 e. The monoisotopic (exact) mass is 192 g/mol. The molecular weight excluding hydrogens is 172 g/mol. The molecular formula is C12H20N2. The van der Waals surface area contributed by atoms with E-state index < -0.39 is 0 Å². The highest BCUT2D eigenvalue weighted by molar-refractivity contribution is 4.99. The molecule has 1 heterocycles. The Balaban J connectivity index is 1.77. The normalized spacial score (nSPS) is 27.1. The molecule has 0 radical (unpaired) electrons. The molecule has 2 fully saturated rings. The number of hydrogen-bond acceptors (Lipinski definition) is 2. The standard InChI is InChI=1S/C12H20N2/c1-2-11-3-5-12(6-4-11)9-14(10-12)8-7-13/h11H,2-6,8-10H2,1H3. The third kappa shape index (κ3) is 1.79. The van der Waals surface area contributed by atoms with Crippen LogP contribution in [0.25, 0.3) is 0 Å². The van der Waals surface area contributed by atoms with Gasteiger partial charge in [-0.2, -0.15) is 5.26 Å². The van der Waals surface area contributed by atoms with E-state index in [4.69, 9.17) is 5.26 Å². The van der Waals surface area contributed by atoms with Crippen molar-refractivity contribution in [2.75, 3.05) is 19.6 Å². The molecule has 1 saturated carbocycles. The van der Waals surface area contributed by atoms with E-state index in [1.54, 1.807) is 0 Å². The molecule has 0 amide bonds. The van der Waals surface area contributed by atoms with Crippen molar-refractivity contribution < 1.29 is 0 Å². The minimum atomic E-state index is 0.628. The lowest BCUT2D eigenvalue weighted by Gasteiger charge is -2.53. The van der Waals surface area contributed by atoms with E-state index >= 15 is 0 Å². The number of rotatable bonds is 2. The third-order valence-corrected chi connectivity index (χ3v) is 4.16. The summed E-state index contributed by atoms with van der Waals surface area (Å²) in [6.45, 7) is 5.33. The molecule has 0 atom stereocenters. The fourth-order valence-corrected chi connectivity index (χ4v) is 3.13. The van der Waals surface area contributed by atoms with E-state index in [1.165, 1.54) is 45.2 Å². The van der Waals surface area contributed by atoms with Crippen molar-refractivity contribution >= 4 is 0 Å². The minimum absolute atomic E-state index is 0.628. The second-order valence-corrected chi connectivity index (χ2v) is 5.15. The van der Waals surface area contributed by atoms with Gasteiger partial charge in [-0.3, -0.25) is 4.90 Å². The first kappa shape index (κ1) is 9.98. The van der Waals surface area contributed by atoms with E-state index in [9.17, 15) is 0 Å². The van der Waals surface area contributed by atoms with Crippen LogP contribution in [0.15, 0.2) is 0 Å². The maximum absolute atomic E-state index is 8.58. The molecule has 14 heavy (non-hydrogen) atoms. The highest BCUT2D eigenvalue weighted by Crippen LogP contribution is 2.45. The van der Waals surface area contributed by atoms with Crippen molar-refractivity contribution in [2.24, 2.45) is 11.3 Å². The summed E-state index contributed by atoms with van der Waals surface area (Å²) in [5, 5.41) is 8.58. The Kier molecular flexibility index (Phi) is 2.78. The van der Waals surface area contributed by atoms with Crippen LogP contribution in [0.1, 0.15) is 39.0 Å². The predicted molar refractivity (Wildman–Crippen MR) is 56.7 cm³/mol. The van der Waals surface area contributed by atoms with Crippen LogP contribution in [0.3, 0.4) is 0 Å². The minimum Gasteiger partial charge on any atom is -0.289 e. The molecule has 0 unspecified atom stereocenters. The van der Waals surface area contributed by atoms with Crippen LogP contribution >= 0.6 is 0 Å². The number of nitrogens with zero attached hydrogens (tertiary/aromatic N) is 2. The van der Waals surface area contributed by atoms with Crippen LogP contribution in [0.2, 0.25) is 0 Å². The molecule has 78 valence electrons. The smallest absolute Gasteiger partial charge is 0.0866 e. The van der Waals surface area contributed by atoms with Gasteiger partial charge in [-0.25, -0.2) is 0 Å². The van der Waals surface area contributed by atoms with Gasteiger partial charge in [-0.1, -0.05) is 13.3 Å². The summed E-state index contributed by atoms with van der Waals surface area (Å²) in [5.74, 6) is 0.991. The SMILES string of the molecule is CCC1CCC2(CC1)CN(CC#N)C2. The van der Waals surface area contributed by atoms with Gasteiger partial charge in [0.25, 0.3) is 0 Å². The van der Waals surface area contributed by atoms with Gasteiger partial charge in [-0.05, 0) is 37.0 Å². The molecule has 1 spiro atoms. The van der Waals surface area contributed by atoms with Gasteiger partial charge in [-0.15, -0.1) is 0 Å². The fraction of sp³-hybridized carbons (Fsp3) is 0.917. The highest BCUT2D eigenvalue weighted by Gasteiger charge is 2.44. The van der Waals surface area contributed by atoms with Crippen LogP contribution in [0.4, 0.5) is 0 Å². The van der Waals surface area contributed by atoms with E-state index in [0.29, 0.717) is 12.0 Å². The van der Waals surface area contributed by atoms with E-state index in [2.05, 4.69) is 17.9 Å². The zero-order valence-corrected chi connectivity index (χ0v) is 9.13. The van der Waals surface area contributed by atoms with Crippen LogP contribution < -0.4 is 0 Å². The summed E-state index contributed by atoms with van der Waals surface area (Å²) in [4.78, 5) is 2.28. The maximum Gasteiger partial charge on any atom is 0.0866 e. The summed E-state index contributed by atoms with van der Waals surface area (Å²) < 4.78 is 0.